The Morgan fingerprint density at radius 3 is 2.35 bits per heavy atom. The van der Waals surface area contributed by atoms with Crippen molar-refractivity contribution in [2.75, 3.05) is 19.0 Å². The van der Waals surface area contributed by atoms with Crippen LogP contribution in [0.3, 0.4) is 0 Å². The molecule has 0 atom stereocenters. The molecule has 0 spiro atoms. The van der Waals surface area contributed by atoms with Crippen LogP contribution in [0, 0.1) is 0 Å². The van der Waals surface area contributed by atoms with Crippen molar-refractivity contribution in [2.24, 2.45) is 0 Å². The van der Waals surface area contributed by atoms with Gasteiger partial charge in [0.2, 0.25) is 11.3 Å². The first-order chi connectivity index (χ1) is 16.4. The van der Waals surface area contributed by atoms with E-state index in [-0.39, 0.29) is 46.3 Å². The Hall–Kier alpha value is -4.59. The fraction of sp³-hybridized carbons (Fsp3) is 0.115. The molecule has 0 fully saturated rings. The number of benzene rings is 3. The Labute approximate surface area is 194 Å². The molecule has 1 heterocycles. The van der Waals surface area contributed by atoms with Gasteiger partial charge in [0.1, 0.15) is 34.5 Å². The van der Waals surface area contributed by atoms with Crippen LogP contribution in [0.15, 0.2) is 76.1 Å². The summed E-state index contributed by atoms with van der Waals surface area (Å²) >= 11 is 0. The van der Waals surface area contributed by atoms with Gasteiger partial charge >= 0.3 is 0 Å². The predicted octanol–water partition coefficient (Wildman–Crippen LogP) is 4.39. The number of ketones is 1. The molecule has 0 saturated heterocycles. The number of phenols is 1. The van der Waals surface area contributed by atoms with Crippen molar-refractivity contribution in [3.05, 3.63) is 82.7 Å². The molecule has 0 aliphatic rings. The zero-order chi connectivity index (χ0) is 24.2. The second-order valence-corrected chi connectivity index (χ2v) is 7.49. The van der Waals surface area contributed by atoms with Gasteiger partial charge in [0.05, 0.1) is 12.7 Å². The molecule has 0 aliphatic heterocycles. The van der Waals surface area contributed by atoms with E-state index in [4.69, 9.17) is 13.9 Å². The summed E-state index contributed by atoms with van der Waals surface area (Å²) in [7, 11) is 1.55. The van der Waals surface area contributed by atoms with Gasteiger partial charge in [0.15, 0.2) is 12.4 Å². The van der Waals surface area contributed by atoms with Gasteiger partial charge in [-0.1, -0.05) is 12.1 Å². The third kappa shape index (κ3) is 4.75. The number of methoxy groups -OCH3 is 1. The van der Waals surface area contributed by atoms with E-state index in [1.54, 1.807) is 55.6 Å². The lowest BCUT2D eigenvalue weighted by Gasteiger charge is -2.09. The van der Waals surface area contributed by atoms with Gasteiger partial charge in [-0.15, -0.1) is 0 Å². The van der Waals surface area contributed by atoms with Gasteiger partial charge < -0.3 is 24.3 Å². The van der Waals surface area contributed by atoms with Gasteiger partial charge in [-0.3, -0.25) is 14.4 Å². The number of hydrogen-bond donors (Lipinski definition) is 2. The van der Waals surface area contributed by atoms with Crippen LogP contribution in [0.2, 0.25) is 0 Å². The number of carbonyl (C=O) groups excluding carboxylic acids is 2. The highest BCUT2D eigenvalue weighted by atomic mass is 16.5. The van der Waals surface area contributed by atoms with Crippen molar-refractivity contribution in [1.29, 1.82) is 0 Å². The molecular weight excluding hydrogens is 438 g/mol. The van der Waals surface area contributed by atoms with Crippen LogP contribution in [0.25, 0.3) is 22.1 Å². The van der Waals surface area contributed by atoms with Crippen LogP contribution < -0.4 is 20.2 Å². The molecule has 1 aromatic heterocycles. The number of amides is 1. The molecule has 0 aliphatic carbocycles. The first kappa shape index (κ1) is 22.6. The first-order valence-corrected chi connectivity index (χ1v) is 10.3. The average Bonchev–Trinajstić information content (AvgIpc) is 2.83. The number of Topliss-reactive ketones (excluding diaryl/α,β-unsaturated/α-hetero) is 1. The standard InChI is InChI=1S/C26H21NO7/c1-15(28)27-18-7-3-17(4-8-18)23(30)14-33-20-11-22(29)25-24(12-20)34-13-21(26(25)31)16-5-9-19(32-2)10-6-16/h3-13,29H,14H2,1-2H3,(H,27,28). The Kier molecular flexibility index (Phi) is 6.31. The third-order valence-electron chi connectivity index (χ3n) is 5.13. The number of anilines is 1. The largest absolute Gasteiger partial charge is 0.507 e. The second kappa shape index (κ2) is 9.50. The maximum Gasteiger partial charge on any atom is 0.221 e. The zero-order valence-corrected chi connectivity index (χ0v) is 18.5. The number of phenolic OH excluding ortho intramolecular Hbond substituents is 1. The van der Waals surface area contributed by atoms with E-state index in [2.05, 4.69) is 5.32 Å². The van der Waals surface area contributed by atoms with E-state index >= 15 is 0 Å². The number of nitrogens with one attached hydrogen (secondary N) is 1. The minimum atomic E-state index is -0.397. The molecule has 1 amide bonds. The van der Waals surface area contributed by atoms with Gasteiger partial charge in [-0.25, -0.2) is 0 Å². The maximum atomic E-state index is 13.0. The number of ether oxygens (including phenoxy) is 2. The normalized spacial score (nSPS) is 10.6. The fourth-order valence-electron chi connectivity index (χ4n) is 3.44. The molecule has 2 N–H and O–H groups in total. The molecule has 0 unspecified atom stereocenters. The van der Waals surface area contributed by atoms with Gasteiger partial charge in [-0.05, 0) is 42.0 Å². The summed E-state index contributed by atoms with van der Waals surface area (Å²) in [5, 5.41) is 13.1. The van der Waals surface area contributed by atoms with E-state index in [1.807, 2.05) is 0 Å². The van der Waals surface area contributed by atoms with Crippen LogP contribution in [0.5, 0.6) is 17.2 Å². The van der Waals surface area contributed by atoms with Gasteiger partial charge in [0.25, 0.3) is 0 Å². The van der Waals surface area contributed by atoms with E-state index in [1.165, 1.54) is 25.3 Å². The van der Waals surface area contributed by atoms with Gasteiger partial charge in [0, 0.05) is 30.3 Å². The van der Waals surface area contributed by atoms with Crippen molar-refractivity contribution in [1.82, 2.24) is 0 Å². The van der Waals surface area contributed by atoms with Crippen LogP contribution >= 0.6 is 0 Å². The first-order valence-electron chi connectivity index (χ1n) is 10.3. The molecule has 0 radical (unpaired) electrons. The average molecular weight is 459 g/mol. The van der Waals surface area contributed by atoms with E-state index < -0.39 is 5.43 Å². The summed E-state index contributed by atoms with van der Waals surface area (Å²) in [6.07, 6.45) is 1.32. The third-order valence-corrected chi connectivity index (χ3v) is 5.13. The molecule has 4 rings (SSSR count). The maximum absolute atomic E-state index is 13.0. The summed E-state index contributed by atoms with van der Waals surface area (Å²) in [6.45, 7) is 1.10. The highest BCUT2D eigenvalue weighted by Gasteiger charge is 2.16. The van der Waals surface area contributed by atoms with Crippen molar-refractivity contribution in [3.63, 3.8) is 0 Å². The van der Waals surface area contributed by atoms with Crippen LogP contribution in [0.4, 0.5) is 5.69 Å². The zero-order valence-electron chi connectivity index (χ0n) is 18.5. The lowest BCUT2D eigenvalue weighted by atomic mass is 10.0. The molecule has 3 aromatic carbocycles. The Morgan fingerprint density at radius 2 is 1.71 bits per heavy atom. The Morgan fingerprint density at radius 1 is 1.00 bits per heavy atom. The monoisotopic (exact) mass is 459 g/mol. The van der Waals surface area contributed by atoms with E-state index in [0.29, 0.717) is 22.6 Å². The van der Waals surface area contributed by atoms with Crippen LogP contribution in [-0.2, 0) is 4.79 Å². The fourth-order valence-corrected chi connectivity index (χ4v) is 3.44. The summed E-state index contributed by atoms with van der Waals surface area (Å²) < 4.78 is 16.3. The Bertz CT molecular complexity index is 1420. The number of fused-ring (bicyclic) bond motifs is 1. The lowest BCUT2D eigenvalue weighted by molar-refractivity contribution is -0.114. The SMILES string of the molecule is COc1ccc(-c2coc3cc(OCC(=O)c4ccc(NC(C)=O)cc4)cc(O)c3c2=O)cc1. The van der Waals surface area contributed by atoms with Crippen molar-refractivity contribution in [3.8, 4) is 28.4 Å². The summed E-state index contributed by atoms with van der Waals surface area (Å²) in [5.41, 5.74) is 1.61. The number of carbonyl (C=O) groups is 2. The number of aromatic hydroxyl groups is 1. The van der Waals surface area contributed by atoms with E-state index in [0.717, 1.165) is 0 Å². The second-order valence-electron chi connectivity index (χ2n) is 7.49. The minimum Gasteiger partial charge on any atom is -0.507 e. The molecule has 0 saturated carbocycles. The smallest absolute Gasteiger partial charge is 0.221 e. The van der Waals surface area contributed by atoms with E-state index in [9.17, 15) is 19.5 Å². The number of hydrogen-bond acceptors (Lipinski definition) is 7. The molecule has 34 heavy (non-hydrogen) atoms. The molecule has 0 bridgehead atoms. The molecular formula is C26H21NO7. The summed E-state index contributed by atoms with van der Waals surface area (Å²) in [4.78, 5) is 36.5. The van der Waals surface area contributed by atoms with Crippen LogP contribution in [-0.4, -0.2) is 30.5 Å². The predicted molar refractivity (Wildman–Crippen MR) is 127 cm³/mol. The summed E-state index contributed by atoms with van der Waals surface area (Å²) in [5.74, 6) is 0.000581. The summed E-state index contributed by atoms with van der Waals surface area (Å²) in [6, 6.07) is 16.0. The molecule has 8 heteroatoms. The number of rotatable bonds is 7. The Balaban J connectivity index is 1.53. The lowest BCUT2D eigenvalue weighted by Crippen LogP contribution is -2.12. The van der Waals surface area contributed by atoms with Crippen molar-refractivity contribution < 1.29 is 28.6 Å². The van der Waals surface area contributed by atoms with Crippen molar-refractivity contribution >= 4 is 28.3 Å². The highest BCUT2D eigenvalue weighted by molar-refractivity contribution is 5.98. The quantitative estimate of drug-likeness (QED) is 0.394. The highest BCUT2D eigenvalue weighted by Crippen LogP contribution is 2.31. The van der Waals surface area contributed by atoms with Crippen molar-refractivity contribution in [2.45, 2.75) is 6.92 Å². The molecule has 4 aromatic rings. The molecule has 172 valence electrons. The van der Waals surface area contributed by atoms with Gasteiger partial charge in [-0.2, -0.15) is 0 Å². The molecule has 8 nitrogen and oxygen atoms in total. The van der Waals surface area contributed by atoms with Crippen LogP contribution in [0.1, 0.15) is 17.3 Å². The minimum absolute atomic E-state index is 0.0144. The topological polar surface area (TPSA) is 115 Å².